The number of urea groups is 2. The van der Waals surface area contributed by atoms with E-state index < -0.39 is 12.1 Å². The van der Waals surface area contributed by atoms with E-state index in [0.717, 1.165) is 5.01 Å². The van der Waals surface area contributed by atoms with Gasteiger partial charge in [0.25, 0.3) is 0 Å². The number of rotatable bonds is 8. The van der Waals surface area contributed by atoms with Gasteiger partial charge in [0.05, 0.1) is 6.54 Å². The van der Waals surface area contributed by atoms with Crippen molar-refractivity contribution in [2.75, 3.05) is 26.2 Å². The molecule has 0 radical (unpaired) electrons. The fraction of sp³-hybridized carbons (Fsp3) is 0.286. The van der Waals surface area contributed by atoms with E-state index >= 15 is 0 Å². The van der Waals surface area contributed by atoms with Crippen molar-refractivity contribution in [1.82, 2.24) is 20.7 Å². The van der Waals surface area contributed by atoms with Gasteiger partial charge in [0.2, 0.25) is 0 Å². The van der Waals surface area contributed by atoms with Crippen LogP contribution in [-0.2, 0) is 0 Å². The van der Waals surface area contributed by atoms with E-state index in [2.05, 4.69) is 37.1 Å². The summed E-state index contributed by atoms with van der Waals surface area (Å²) in [5, 5.41) is 3.71. The highest BCUT2D eigenvalue weighted by molar-refractivity contribution is 5.80. The van der Waals surface area contributed by atoms with Crippen molar-refractivity contribution in [3.8, 4) is 0 Å². The molecule has 2 N–H and O–H groups in total. The Morgan fingerprint density at radius 2 is 1.40 bits per heavy atom. The maximum absolute atomic E-state index is 12.0. The number of amides is 4. The number of nitrogens with zero attached hydrogens (tertiary/aromatic N) is 2. The molecular formula is C14H22N4O2. The first-order valence-corrected chi connectivity index (χ1v) is 6.15. The van der Waals surface area contributed by atoms with E-state index in [1.54, 1.807) is 18.2 Å². The molecule has 0 spiro atoms. The molecule has 0 saturated carbocycles. The largest absolute Gasteiger partial charge is 0.336 e. The number of hydrazine groups is 1. The first-order chi connectivity index (χ1) is 9.60. The van der Waals surface area contributed by atoms with Gasteiger partial charge in [-0.1, -0.05) is 24.3 Å². The Labute approximate surface area is 120 Å². The lowest BCUT2D eigenvalue weighted by molar-refractivity contribution is 0.158. The van der Waals surface area contributed by atoms with Crippen molar-refractivity contribution in [2.24, 2.45) is 0 Å². The fourth-order valence-electron chi connectivity index (χ4n) is 1.30. The van der Waals surface area contributed by atoms with Gasteiger partial charge in [-0.2, -0.15) is 0 Å². The van der Waals surface area contributed by atoms with Gasteiger partial charge in [-0.05, 0) is 0 Å². The summed E-state index contributed by atoms with van der Waals surface area (Å²) in [4.78, 5) is 25.3. The Hall–Kier alpha value is -2.50. The molecule has 0 bridgehead atoms. The van der Waals surface area contributed by atoms with Gasteiger partial charge in [-0.25, -0.2) is 20.0 Å². The summed E-state index contributed by atoms with van der Waals surface area (Å²) in [5.74, 6) is 0. The maximum atomic E-state index is 12.0. The van der Waals surface area contributed by atoms with Crippen LogP contribution in [0.15, 0.2) is 50.6 Å². The van der Waals surface area contributed by atoms with Crippen molar-refractivity contribution in [2.45, 2.75) is 0 Å². The summed E-state index contributed by atoms with van der Waals surface area (Å²) in [6, 6.07) is -0.851. The van der Waals surface area contributed by atoms with Crippen molar-refractivity contribution in [3.63, 3.8) is 0 Å². The number of carbonyl (C=O) groups is 2. The molecule has 110 valence electrons. The third-order valence-corrected chi connectivity index (χ3v) is 2.17. The Kier molecular flexibility index (Phi) is 9.12. The third kappa shape index (κ3) is 6.44. The highest BCUT2D eigenvalue weighted by atomic mass is 16.2. The Morgan fingerprint density at radius 3 is 1.85 bits per heavy atom. The zero-order valence-corrected chi connectivity index (χ0v) is 11.7. The van der Waals surface area contributed by atoms with E-state index in [0.29, 0.717) is 19.6 Å². The minimum atomic E-state index is -0.435. The quantitative estimate of drug-likeness (QED) is 0.524. The zero-order valence-electron chi connectivity index (χ0n) is 11.7. The average molecular weight is 278 g/mol. The molecule has 0 aromatic rings. The highest BCUT2D eigenvalue weighted by Crippen LogP contribution is 1.94. The molecule has 20 heavy (non-hydrogen) atoms. The first kappa shape index (κ1) is 17.5. The molecule has 0 aromatic heterocycles. The molecule has 6 heteroatoms. The van der Waals surface area contributed by atoms with Crippen molar-refractivity contribution < 1.29 is 9.59 Å². The van der Waals surface area contributed by atoms with Crippen LogP contribution in [0.5, 0.6) is 0 Å². The van der Waals surface area contributed by atoms with E-state index in [1.165, 1.54) is 11.0 Å². The summed E-state index contributed by atoms with van der Waals surface area (Å²) in [6.45, 7) is 15.4. The van der Waals surface area contributed by atoms with Crippen LogP contribution in [0.4, 0.5) is 9.59 Å². The second-order valence-corrected chi connectivity index (χ2v) is 3.77. The second-order valence-electron chi connectivity index (χ2n) is 3.77. The molecule has 0 fully saturated rings. The number of nitrogens with one attached hydrogen (secondary N) is 2. The summed E-state index contributed by atoms with van der Waals surface area (Å²) in [6.07, 6.45) is 6.25. The van der Waals surface area contributed by atoms with E-state index in [9.17, 15) is 9.59 Å². The molecule has 0 aliphatic heterocycles. The van der Waals surface area contributed by atoms with Gasteiger partial charge in [0, 0.05) is 19.6 Å². The number of hydrogen-bond acceptors (Lipinski definition) is 2. The first-order valence-electron chi connectivity index (χ1n) is 6.15. The average Bonchev–Trinajstić information content (AvgIpc) is 2.43. The Balaban J connectivity index is 4.68. The Bertz CT molecular complexity index is 369. The van der Waals surface area contributed by atoms with Crippen LogP contribution >= 0.6 is 0 Å². The zero-order chi connectivity index (χ0) is 15.4. The Morgan fingerprint density at radius 1 is 0.850 bits per heavy atom. The maximum Gasteiger partial charge on any atom is 0.336 e. The lowest BCUT2D eigenvalue weighted by atomic mass is 10.5. The fourth-order valence-corrected chi connectivity index (χ4v) is 1.30. The van der Waals surface area contributed by atoms with Crippen LogP contribution in [0, 0.1) is 0 Å². The number of hydrogen-bond donors (Lipinski definition) is 2. The van der Waals surface area contributed by atoms with Crippen LogP contribution in [-0.4, -0.2) is 48.2 Å². The van der Waals surface area contributed by atoms with E-state index in [-0.39, 0.29) is 6.54 Å². The summed E-state index contributed by atoms with van der Waals surface area (Å²) < 4.78 is 0. The smallest absolute Gasteiger partial charge is 0.333 e. The minimum Gasteiger partial charge on any atom is -0.333 e. The topological polar surface area (TPSA) is 64.7 Å². The molecular weight excluding hydrogens is 256 g/mol. The van der Waals surface area contributed by atoms with Crippen LogP contribution in [0.25, 0.3) is 0 Å². The second kappa shape index (κ2) is 10.4. The van der Waals surface area contributed by atoms with Gasteiger partial charge < -0.3 is 10.2 Å². The normalized spacial score (nSPS) is 9.00. The van der Waals surface area contributed by atoms with Gasteiger partial charge in [-0.15, -0.1) is 26.3 Å². The molecule has 4 amide bonds. The SMILES string of the molecule is C=CCNC(=O)N(CC=C)NC(=O)N(CC=C)CC=C. The standard InChI is InChI=1S/C14H22N4O2/c1-5-9-15-13(19)18(12-8-4)16-14(20)17(10-6-2)11-7-3/h5-8H,1-4,9-12H2,(H,15,19)(H,16,20). The van der Waals surface area contributed by atoms with Crippen LogP contribution in [0.2, 0.25) is 0 Å². The molecule has 0 unspecified atom stereocenters. The summed E-state index contributed by atoms with van der Waals surface area (Å²) in [5.41, 5.74) is 2.50. The van der Waals surface area contributed by atoms with Crippen LogP contribution in [0.3, 0.4) is 0 Å². The van der Waals surface area contributed by atoms with Crippen LogP contribution in [0.1, 0.15) is 0 Å². The van der Waals surface area contributed by atoms with Gasteiger partial charge >= 0.3 is 12.1 Å². The minimum absolute atomic E-state index is 0.185. The van der Waals surface area contributed by atoms with E-state index in [1.807, 2.05) is 0 Å². The molecule has 0 atom stereocenters. The van der Waals surface area contributed by atoms with Crippen molar-refractivity contribution in [1.29, 1.82) is 0 Å². The molecule has 6 nitrogen and oxygen atoms in total. The van der Waals surface area contributed by atoms with Crippen LogP contribution < -0.4 is 10.7 Å². The highest BCUT2D eigenvalue weighted by Gasteiger charge is 2.17. The molecule has 0 rings (SSSR count). The molecule has 0 heterocycles. The monoisotopic (exact) mass is 278 g/mol. The number of carbonyl (C=O) groups excluding carboxylic acids is 2. The van der Waals surface area contributed by atoms with Gasteiger partial charge in [0.15, 0.2) is 0 Å². The predicted octanol–water partition coefficient (Wildman–Crippen LogP) is 1.67. The van der Waals surface area contributed by atoms with E-state index in [4.69, 9.17) is 0 Å². The lowest BCUT2D eigenvalue weighted by Crippen LogP contribution is -2.54. The third-order valence-electron chi connectivity index (χ3n) is 2.17. The molecule has 0 aliphatic rings. The lowest BCUT2D eigenvalue weighted by Gasteiger charge is -2.26. The van der Waals surface area contributed by atoms with Gasteiger partial charge in [0.1, 0.15) is 0 Å². The summed E-state index contributed by atoms with van der Waals surface area (Å²) in [7, 11) is 0. The van der Waals surface area contributed by atoms with Crippen molar-refractivity contribution in [3.05, 3.63) is 50.6 Å². The predicted molar refractivity (Wildman–Crippen MR) is 81.0 cm³/mol. The van der Waals surface area contributed by atoms with Crippen molar-refractivity contribution >= 4 is 12.1 Å². The molecule has 0 aromatic carbocycles. The molecule has 0 saturated heterocycles. The summed E-state index contributed by atoms with van der Waals surface area (Å²) >= 11 is 0. The molecule has 0 aliphatic carbocycles. The van der Waals surface area contributed by atoms with Gasteiger partial charge in [-0.3, -0.25) is 0 Å².